The lowest BCUT2D eigenvalue weighted by molar-refractivity contribution is 0.0963. The van der Waals surface area contributed by atoms with Crippen LogP contribution < -0.4 is 16.0 Å². The van der Waals surface area contributed by atoms with E-state index in [2.05, 4.69) is 37.9 Å². The first-order valence-corrected chi connectivity index (χ1v) is 7.82. The number of nitrogens with one attached hydrogen (secondary N) is 1. The van der Waals surface area contributed by atoms with Crippen molar-refractivity contribution in [2.45, 2.75) is 46.6 Å². The Morgan fingerprint density at radius 3 is 2.38 bits per heavy atom. The van der Waals surface area contributed by atoms with Crippen molar-refractivity contribution < 1.29 is 4.79 Å². The van der Waals surface area contributed by atoms with E-state index in [4.69, 9.17) is 5.73 Å². The summed E-state index contributed by atoms with van der Waals surface area (Å²) < 4.78 is 0. The van der Waals surface area contributed by atoms with Crippen molar-refractivity contribution in [1.82, 2.24) is 5.32 Å². The lowest BCUT2D eigenvalue weighted by atomic mass is 10.0. The fraction of sp³-hybridized carbons (Fsp3) is 0.588. The standard InChI is InChI=1S/C17H29N3O/c1-6-14(7-2)20(11-12(3)4)16-10-13(18)8-9-15(16)17(21)19-5/h8-10,12,14H,6-7,11,18H2,1-5H3,(H,19,21). The second-order valence-corrected chi connectivity index (χ2v) is 5.87. The normalized spacial score (nSPS) is 11.0. The highest BCUT2D eigenvalue weighted by atomic mass is 16.1. The van der Waals surface area contributed by atoms with Crippen molar-refractivity contribution in [2.75, 3.05) is 24.2 Å². The van der Waals surface area contributed by atoms with E-state index in [1.54, 1.807) is 13.1 Å². The molecule has 0 bridgehead atoms. The van der Waals surface area contributed by atoms with E-state index in [9.17, 15) is 4.79 Å². The third-order valence-corrected chi connectivity index (χ3v) is 3.75. The van der Waals surface area contributed by atoms with Gasteiger partial charge in [0.15, 0.2) is 0 Å². The summed E-state index contributed by atoms with van der Waals surface area (Å²) in [6.45, 7) is 9.68. The van der Waals surface area contributed by atoms with Crippen LogP contribution in [0, 0.1) is 5.92 Å². The van der Waals surface area contributed by atoms with Gasteiger partial charge in [-0.15, -0.1) is 0 Å². The van der Waals surface area contributed by atoms with Crippen molar-refractivity contribution in [3.8, 4) is 0 Å². The minimum absolute atomic E-state index is 0.0651. The zero-order valence-corrected chi connectivity index (χ0v) is 13.9. The Labute approximate surface area is 128 Å². The molecule has 0 fully saturated rings. The van der Waals surface area contributed by atoms with Gasteiger partial charge >= 0.3 is 0 Å². The van der Waals surface area contributed by atoms with Gasteiger partial charge in [0.25, 0.3) is 5.91 Å². The van der Waals surface area contributed by atoms with Crippen LogP contribution in [-0.4, -0.2) is 25.5 Å². The summed E-state index contributed by atoms with van der Waals surface area (Å²) in [4.78, 5) is 14.5. The number of hydrogen-bond donors (Lipinski definition) is 2. The van der Waals surface area contributed by atoms with Crippen LogP contribution in [0.2, 0.25) is 0 Å². The van der Waals surface area contributed by atoms with Gasteiger partial charge in [-0.2, -0.15) is 0 Å². The third-order valence-electron chi connectivity index (χ3n) is 3.75. The average molecular weight is 291 g/mol. The first-order chi connectivity index (χ1) is 9.94. The van der Waals surface area contributed by atoms with Crippen LogP contribution in [0.25, 0.3) is 0 Å². The molecule has 0 heterocycles. The Bertz CT molecular complexity index is 467. The molecule has 4 heteroatoms. The highest BCUT2D eigenvalue weighted by Gasteiger charge is 2.22. The molecule has 0 aromatic heterocycles. The van der Waals surface area contributed by atoms with Crippen molar-refractivity contribution >= 4 is 17.3 Å². The Morgan fingerprint density at radius 2 is 1.90 bits per heavy atom. The van der Waals surface area contributed by atoms with E-state index >= 15 is 0 Å². The molecule has 0 aliphatic heterocycles. The minimum Gasteiger partial charge on any atom is -0.399 e. The minimum atomic E-state index is -0.0651. The maximum atomic E-state index is 12.2. The lowest BCUT2D eigenvalue weighted by Gasteiger charge is -2.35. The van der Waals surface area contributed by atoms with E-state index in [0.29, 0.717) is 23.2 Å². The summed E-state index contributed by atoms with van der Waals surface area (Å²) >= 11 is 0. The summed E-state index contributed by atoms with van der Waals surface area (Å²) in [5.74, 6) is 0.453. The number of anilines is 2. The summed E-state index contributed by atoms with van der Waals surface area (Å²) in [5.41, 5.74) is 8.29. The zero-order chi connectivity index (χ0) is 16.0. The van der Waals surface area contributed by atoms with E-state index in [-0.39, 0.29) is 5.91 Å². The molecule has 0 spiro atoms. The number of benzene rings is 1. The number of carbonyl (C=O) groups excluding carboxylic acids is 1. The summed E-state index contributed by atoms with van der Waals surface area (Å²) in [5, 5.41) is 2.72. The van der Waals surface area contributed by atoms with E-state index in [1.165, 1.54) is 0 Å². The van der Waals surface area contributed by atoms with Gasteiger partial charge in [0.05, 0.1) is 11.3 Å². The number of rotatable bonds is 7. The summed E-state index contributed by atoms with van der Waals surface area (Å²) in [6, 6.07) is 5.94. The Kier molecular flexibility index (Phi) is 6.53. The fourth-order valence-corrected chi connectivity index (χ4v) is 2.68. The maximum Gasteiger partial charge on any atom is 0.253 e. The number of carbonyl (C=O) groups is 1. The monoisotopic (exact) mass is 291 g/mol. The van der Waals surface area contributed by atoms with Crippen LogP contribution in [0.15, 0.2) is 18.2 Å². The van der Waals surface area contributed by atoms with Gasteiger partial charge in [0, 0.05) is 25.3 Å². The van der Waals surface area contributed by atoms with Crippen LogP contribution in [0.4, 0.5) is 11.4 Å². The number of nitrogen functional groups attached to an aromatic ring is 1. The Balaban J connectivity index is 3.33. The molecule has 1 amide bonds. The fourth-order valence-electron chi connectivity index (χ4n) is 2.68. The molecule has 0 unspecified atom stereocenters. The first-order valence-electron chi connectivity index (χ1n) is 7.82. The molecule has 0 saturated heterocycles. The molecule has 0 atom stereocenters. The van der Waals surface area contributed by atoms with Crippen LogP contribution in [0.3, 0.4) is 0 Å². The summed E-state index contributed by atoms with van der Waals surface area (Å²) in [7, 11) is 1.66. The second kappa shape index (κ2) is 7.91. The molecular formula is C17H29N3O. The van der Waals surface area contributed by atoms with Gasteiger partial charge < -0.3 is 16.0 Å². The van der Waals surface area contributed by atoms with Gasteiger partial charge in [0.2, 0.25) is 0 Å². The topological polar surface area (TPSA) is 58.4 Å². The Morgan fingerprint density at radius 1 is 1.29 bits per heavy atom. The third kappa shape index (κ3) is 4.38. The number of amides is 1. The molecule has 3 N–H and O–H groups in total. The van der Waals surface area contributed by atoms with Crippen LogP contribution in [0.1, 0.15) is 50.9 Å². The Hall–Kier alpha value is -1.71. The van der Waals surface area contributed by atoms with Crippen molar-refractivity contribution in [3.05, 3.63) is 23.8 Å². The quantitative estimate of drug-likeness (QED) is 0.758. The molecule has 0 aliphatic carbocycles. The van der Waals surface area contributed by atoms with E-state index < -0.39 is 0 Å². The average Bonchev–Trinajstić information content (AvgIpc) is 2.46. The highest BCUT2D eigenvalue weighted by molar-refractivity contribution is 6.00. The molecular weight excluding hydrogens is 262 g/mol. The van der Waals surface area contributed by atoms with Gasteiger partial charge in [-0.1, -0.05) is 27.7 Å². The molecule has 0 saturated carbocycles. The van der Waals surface area contributed by atoms with Crippen LogP contribution in [0.5, 0.6) is 0 Å². The summed E-state index contributed by atoms with van der Waals surface area (Å²) in [6.07, 6.45) is 2.09. The van der Waals surface area contributed by atoms with Gasteiger partial charge in [-0.25, -0.2) is 0 Å². The predicted octanol–water partition coefficient (Wildman–Crippen LogP) is 3.28. The van der Waals surface area contributed by atoms with Gasteiger partial charge in [-0.3, -0.25) is 4.79 Å². The van der Waals surface area contributed by atoms with Gasteiger partial charge in [0.1, 0.15) is 0 Å². The van der Waals surface area contributed by atoms with Crippen molar-refractivity contribution in [3.63, 3.8) is 0 Å². The van der Waals surface area contributed by atoms with E-state index in [1.807, 2.05) is 12.1 Å². The first kappa shape index (κ1) is 17.3. The lowest BCUT2D eigenvalue weighted by Crippen LogP contribution is -2.39. The predicted molar refractivity (Wildman–Crippen MR) is 90.8 cm³/mol. The molecule has 1 aromatic carbocycles. The van der Waals surface area contributed by atoms with E-state index in [0.717, 1.165) is 25.1 Å². The number of nitrogens with two attached hydrogens (primary N) is 1. The largest absolute Gasteiger partial charge is 0.399 e. The molecule has 0 radical (unpaired) electrons. The van der Waals surface area contributed by atoms with Gasteiger partial charge in [-0.05, 0) is 37.0 Å². The molecule has 118 valence electrons. The second-order valence-electron chi connectivity index (χ2n) is 5.87. The zero-order valence-electron chi connectivity index (χ0n) is 13.9. The molecule has 1 rings (SSSR count). The SMILES string of the molecule is CCC(CC)N(CC(C)C)c1cc(N)ccc1C(=O)NC. The van der Waals surface area contributed by atoms with Crippen LogP contribution >= 0.6 is 0 Å². The smallest absolute Gasteiger partial charge is 0.253 e. The van der Waals surface area contributed by atoms with Crippen molar-refractivity contribution in [2.24, 2.45) is 5.92 Å². The van der Waals surface area contributed by atoms with Crippen molar-refractivity contribution in [1.29, 1.82) is 0 Å². The van der Waals surface area contributed by atoms with Crippen LogP contribution in [-0.2, 0) is 0 Å². The number of nitrogens with zero attached hydrogens (tertiary/aromatic N) is 1. The molecule has 0 aliphatic rings. The molecule has 4 nitrogen and oxygen atoms in total. The highest BCUT2D eigenvalue weighted by Crippen LogP contribution is 2.28. The molecule has 21 heavy (non-hydrogen) atoms. The number of hydrogen-bond acceptors (Lipinski definition) is 3. The molecule has 1 aromatic rings. The maximum absolute atomic E-state index is 12.2.